The first kappa shape index (κ1) is 13.1. The predicted octanol–water partition coefficient (Wildman–Crippen LogP) is -1.22. The number of aromatic nitrogens is 6. The third-order valence-electron chi connectivity index (χ3n) is 2.30. The minimum atomic E-state index is 0.0794. The number of rotatable bonds is 6. The zero-order chi connectivity index (χ0) is 13.7. The summed E-state index contributed by atoms with van der Waals surface area (Å²) in [5.74, 6) is 6.23. The molecule has 10 nitrogen and oxygen atoms in total. The maximum atomic E-state index is 8.97. The topological polar surface area (TPSA) is 140 Å². The van der Waals surface area contributed by atoms with Crippen molar-refractivity contribution in [2.24, 2.45) is 11.8 Å². The number of nitrogens with two attached hydrogens (primary N) is 1. The fraction of sp³-hybridized carbons (Fsp3) is 0.444. The van der Waals surface area contributed by atoms with Crippen LogP contribution in [0, 0.1) is 5.92 Å². The third-order valence-corrected chi connectivity index (χ3v) is 2.30. The van der Waals surface area contributed by atoms with E-state index in [0.29, 0.717) is 18.4 Å². The van der Waals surface area contributed by atoms with Crippen molar-refractivity contribution in [3.05, 3.63) is 12.7 Å². The molecule has 0 aromatic carbocycles. The molecule has 2 aromatic heterocycles. The highest BCUT2D eigenvalue weighted by atomic mass is 16.3. The third kappa shape index (κ3) is 3.33. The molecule has 0 radical (unpaired) electrons. The Kier molecular flexibility index (Phi) is 4.15. The molecule has 0 saturated heterocycles. The van der Waals surface area contributed by atoms with E-state index in [2.05, 4.69) is 35.8 Å². The van der Waals surface area contributed by atoms with E-state index in [0.717, 1.165) is 0 Å². The second kappa shape index (κ2) is 6.02. The quantitative estimate of drug-likeness (QED) is 0.373. The van der Waals surface area contributed by atoms with Crippen molar-refractivity contribution in [3.63, 3.8) is 0 Å². The molecule has 2 aromatic rings. The molecular formula is C9H15N9O. The molecule has 0 aliphatic carbocycles. The fourth-order valence-electron chi connectivity index (χ4n) is 1.25. The average molecular weight is 265 g/mol. The lowest BCUT2D eigenvalue weighted by Crippen LogP contribution is -2.19. The van der Waals surface area contributed by atoms with Crippen LogP contribution in [-0.2, 0) is 0 Å². The first-order chi connectivity index (χ1) is 9.22. The van der Waals surface area contributed by atoms with Crippen LogP contribution in [0.3, 0.4) is 0 Å². The van der Waals surface area contributed by atoms with Crippen LogP contribution in [0.2, 0.25) is 0 Å². The molecule has 0 spiro atoms. The average Bonchev–Trinajstić information content (AvgIpc) is 2.98. The van der Waals surface area contributed by atoms with Gasteiger partial charge in [-0.25, -0.2) is 10.8 Å². The zero-order valence-electron chi connectivity index (χ0n) is 10.4. The highest BCUT2D eigenvalue weighted by molar-refractivity contribution is 5.36. The maximum Gasteiger partial charge on any atom is 0.258 e. The van der Waals surface area contributed by atoms with E-state index in [1.165, 1.54) is 17.3 Å². The second-order valence-corrected chi connectivity index (χ2v) is 3.94. The molecule has 1 atom stereocenters. The molecule has 0 saturated carbocycles. The van der Waals surface area contributed by atoms with E-state index in [-0.39, 0.29) is 18.5 Å². The van der Waals surface area contributed by atoms with Crippen molar-refractivity contribution in [2.75, 3.05) is 23.9 Å². The van der Waals surface area contributed by atoms with Crippen LogP contribution in [-0.4, -0.2) is 48.0 Å². The molecule has 1 unspecified atom stereocenters. The lowest BCUT2D eigenvalue weighted by molar-refractivity contribution is 0.244. The van der Waals surface area contributed by atoms with Gasteiger partial charge >= 0.3 is 0 Å². The number of nitrogens with one attached hydrogen (secondary N) is 2. The van der Waals surface area contributed by atoms with Crippen LogP contribution in [0.5, 0.6) is 0 Å². The van der Waals surface area contributed by atoms with Crippen LogP contribution in [0.15, 0.2) is 12.7 Å². The molecule has 0 fully saturated rings. The van der Waals surface area contributed by atoms with E-state index in [1.807, 2.05) is 6.92 Å². The lowest BCUT2D eigenvalue weighted by atomic mass is 10.2. The first-order valence-electron chi connectivity index (χ1n) is 5.65. The van der Waals surface area contributed by atoms with Crippen molar-refractivity contribution in [3.8, 4) is 5.95 Å². The van der Waals surface area contributed by atoms with Crippen molar-refractivity contribution in [2.45, 2.75) is 6.92 Å². The maximum absolute atomic E-state index is 8.97. The summed E-state index contributed by atoms with van der Waals surface area (Å²) in [5, 5.41) is 15.9. The fourth-order valence-corrected chi connectivity index (χ4v) is 1.25. The minimum absolute atomic E-state index is 0.0794. The Morgan fingerprint density at radius 1 is 1.37 bits per heavy atom. The van der Waals surface area contributed by atoms with Crippen molar-refractivity contribution >= 4 is 11.9 Å². The summed E-state index contributed by atoms with van der Waals surface area (Å²) in [7, 11) is 0. The Balaban J connectivity index is 2.21. The van der Waals surface area contributed by atoms with Gasteiger partial charge in [-0.1, -0.05) is 6.92 Å². The van der Waals surface area contributed by atoms with Crippen LogP contribution in [0.1, 0.15) is 6.92 Å². The lowest BCUT2D eigenvalue weighted by Gasteiger charge is -2.10. The zero-order valence-corrected chi connectivity index (χ0v) is 10.4. The Hall–Kier alpha value is -2.33. The number of anilines is 2. The van der Waals surface area contributed by atoms with Gasteiger partial charge in [0.1, 0.15) is 12.7 Å². The van der Waals surface area contributed by atoms with Crippen LogP contribution < -0.4 is 16.6 Å². The highest BCUT2D eigenvalue weighted by Gasteiger charge is 2.09. The molecule has 2 rings (SSSR count). The summed E-state index contributed by atoms with van der Waals surface area (Å²) >= 11 is 0. The van der Waals surface area contributed by atoms with Crippen molar-refractivity contribution in [1.82, 2.24) is 29.7 Å². The molecule has 0 aliphatic rings. The van der Waals surface area contributed by atoms with Gasteiger partial charge < -0.3 is 10.4 Å². The molecule has 2 heterocycles. The van der Waals surface area contributed by atoms with Crippen LogP contribution in [0.4, 0.5) is 11.9 Å². The van der Waals surface area contributed by atoms with E-state index in [4.69, 9.17) is 10.9 Å². The molecule has 10 heteroatoms. The molecule has 19 heavy (non-hydrogen) atoms. The number of nitrogens with zero attached hydrogens (tertiary/aromatic N) is 6. The SMILES string of the molecule is CC(CO)CNc1nc(NN)nc(-n2cncn2)n1. The minimum Gasteiger partial charge on any atom is -0.396 e. The summed E-state index contributed by atoms with van der Waals surface area (Å²) < 4.78 is 1.39. The summed E-state index contributed by atoms with van der Waals surface area (Å²) in [6, 6.07) is 0. The number of aliphatic hydroxyl groups is 1. The van der Waals surface area contributed by atoms with Gasteiger partial charge in [0.05, 0.1) is 0 Å². The van der Waals surface area contributed by atoms with Crippen molar-refractivity contribution in [1.29, 1.82) is 0 Å². The Labute approximate surface area is 109 Å². The summed E-state index contributed by atoms with van der Waals surface area (Å²) in [6.07, 6.45) is 2.84. The largest absolute Gasteiger partial charge is 0.396 e. The van der Waals surface area contributed by atoms with Crippen LogP contribution in [0.25, 0.3) is 5.95 Å². The number of nitrogen functional groups attached to an aromatic ring is 1. The molecular weight excluding hydrogens is 250 g/mol. The van der Waals surface area contributed by atoms with Gasteiger partial charge in [0.25, 0.3) is 5.95 Å². The molecule has 0 aliphatic heterocycles. The summed E-state index contributed by atoms with van der Waals surface area (Å²) in [4.78, 5) is 16.1. The van der Waals surface area contributed by atoms with Gasteiger partial charge in [-0.05, 0) is 5.92 Å². The summed E-state index contributed by atoms with van der Waals surface area (Å²) in [6.45, 7) is 2.51. The molecule has 102 valence electrons. The number of hydrogen-bond acceptors (Lipinski definition) is 9. The first-order valence-corrected chi connectivity index (χ1v) is 5.65. The molecule has 0 bridgehead atoms. The molecule has 5 N–H and O–H groups in total. The molecule has 0 amide bonds. The number of hydrogen-bond donors (Lipinski definition) is 4. The van der Waals surface area contributed by atoms with Crippen molar-refractivity contribution < 1.29 is 5.11 Å². The summed E-state index contributed by atoms with van der Waals surface area (Å²) in [5.41, 5.74) is 2.36. The van der Waals surface area contributed by atoms with E-state index >= 15 is 0 Å². The van der Waals surface area contributed by atoms with Gasteiger partial charge in [-0.15, -0.1) is 0 Å². The smallest absolute Gasteiger partial charge is 0.258 e. The van der Waals surface area contributed by atoms with E-state index in [1.54, 1.807) is 0 Å². The van der Waals surface area contributed by atoms with Gasteiger partial charge in [0.15, 0.2) is 0 Å². The Bertz CT molecular complexity index is 514. The number of hydrazine groups is 1. The second-order valence-electron chi connectivity index (χ2n) is 3.94. The van der Waals surface area contributed by atoms with Gasteiger partial charge in [0, 0.05) is 13.2 Å². The predicted molar refractivity (Wildman–Crippen MR) is 67.3 cm³/mol. The monoisotopic (exact) mass is 265 g/mol. The highest BCUT2D eigenvalue weighted by Crippen LogP contribution is 2.08. The standard InChI is InChI=1S/C9H15N9O/c1-6(3-19)2-12-7-14-8(17-10)16-9(15-7)18-5-11-4-13-18/h4-6,19H,2-3,10H2,1H3,(H2,12,14,15,16,17). The van der Waals surface area contributed by atoms with Gasteiger partial charge in [-0.2, -0.15) is 24.7 Å². The van der Waals surface area contributed by atoms with Gasteiger partial charge in [-0.3, -0.25) is 5.43 Å². The van der Waals surface area contributed by atoms with E-state index in [9.17, 15) is 0 Å². The van der Waals surface area contributed by atoms with Crippen LogP contribution >= 0.6 is 0 Å². The Morgan fingerprint density at radius 3 is 2.79 bits per heavy atom. The normalized spacial score (nSPS) is 12.2. The number of aliphatic hydroxyl groups excluding tert-OH is 1. The Morgan fingerprint density at radius 2 is 2.16 bits per heavy atom. The van der Waals surface area contributed by atoms with Gasteiger partial charge in [0.2, 0.25) is 11.9 Å². The van der Waals surface area contributed by atoms with E-state index < -0.39 is 0 Å².